The van der Waals surface area contributed by atoms with Crippen molar-refractivity contribution in [3.63, 3.8) is 0 Å². The van der Waals surface area contributed by atoms with Crippen molar-refractivity contribution in [2.45, 2.75) is 50.8 Å². The number of carbonyl (C=O) groups is 5. The molecule has 1 aliphatic rings. The Morgan fingerprint density at radius 1 is 0.943 bits per heavy atom. The van der Waals surface area contributed by atoms with Crippen LogP contribution in [0.1, 0.15) is 48.3 Å². The highest BCUT2D eigenvalue weighted by Crippen LogP contribution is 2.35. The maximum atomic E-state index is 14.9. The second kappa shape index (κ2) is 15.4. The lowest BCUT2D eigenvalue weighted by atomic mass is 9.95. The Kier molecular flexibility index (Phi) is 11.2. The number of fused-ring (bicyclic) bond motifs is 1. The van der Waals surface area contributed by atoms with Crippen LogP contribution in [0.15, 0.2) is 48.5 Å². The van der Waals surface area contributed by atoms with E-state index in [0.29, 0.717) is 16.7 Å². The summed E-state index contributed by atoms with van der Waals surface area (Å²) in [5, 5.41) is 17.5. The predicted octanol–water partition coefficient (Wildman–Crippen LogP) is 3.63. The first-order chi connectivity index (χ1) is 25.0. The molecular weight excluding hydrogens is 711 g/mol. The van der Waals surface area contributed by atoms with Gasteiger partial charge in [0.05, 0.1) is 24.3 Å². The Morgan fingerprint density at radius 3 is 2.23 bits per heavy atom. The van der Waals surface area contributed by atoms with Crippen LogP contribution in [0.2, 0.25) is 0 Å². The number of ketones is 1. The van der Waals surface area contributed by atoms with E-state index in [1.54, 1.807) is 18.2 Å². The quantitative estimate of drug-likeness (QED) is 0.0739. The van der Waals surface area contributed by atoms with Crippen molar-refractivity contribution < 1.29 is 60.5 Å². The summed E-state index contributed by atoms with van der Waals surface area (Å²) in [5.41, 5.74) is -2.90. The smallest absolute Gasteiger partial charge is 0.268 e. The summed E-state index contributed by atoms with van der Waals surface area (Å²) in [6, 6.07) is 8.34. The fourth-order valence-corrected chi connectivity index (χ4v) is 5.92. The van der Waals surface area contributed by atoms with Gasteiger partial charge in [-0.1, -0.05) is 18.2 Å². The predicted molar refractivity (Wildman–Crippen MR) is 176 cm³/mol. The number of H-pyrrole nitrogens is 1. The zero-order valence-corrected chi connectivity index (χ0v) is 28.4. The van der Waals surface area contributed by atoms with Gasteiger partial charge < -0.3 is 30.2 Å². The lowest BCUT2D eigenvalue weighted by Crippen LogP contribution is -2.53. The number of amides is 4. The molecule has 0 aliphatic carbocycles. The number of ether oxygens (including phenoxy) is 2. The summed E-state index contributed by atoms with van der Waals surface area (Å²) < 4.78 is 83.5. The van der Waals surface area contributed by atoms with E-state index in [1.807, 2.05) is 0 Å². The molecule has 53 heavy (non-hydrogen) atoms. The van der Waals surface area contributed by atoms with Crippen molar-refractivity contribution >= 4 is 40.3 Å². The van der Waals surface area contributed by atoms with Gasteiger partial charge in [0.15, 0.2) is 23.2 Å². The molecule has 12 nitrogen and oxygen atoms in total. The number of hydrogen-bond acceptors (Lipinski definition) is 8. The second-order valence-corrected chi connectivity index (χ2v) is 12.8. The normalized spacial score (nSPS) is 15.5. The molecule has 2 heterocycles. The third-order valence-electron chi connectivity index (χ3n) is 8.52. The van der Waals surface area contributed by atoms with E-state index in [4.69, 9.17) is 9.47 Å². The lowest BCUT2D eigenvalue weighted by Gasteiger charge is -2.24. The molecule has 0 saturated carbocycles. The minimum Gasteiger partial charge on any atom is -0.496 e. The largest absolute Gasteiger partial charge is 0.496 e. The van der Waals surface area contributed by atoms with Crippen molar-refractivity contribution in [1.82, 2.24) is 20.9 Å². The molecule has 5 N–H and O–H groups in total. The van der Waals surface area contributed by atoms with Crippen LogP contribution >= 0.6 is 0 Å². The van der Waals surface area contributed by atoms with Crippen LogP contribution in [0.5, 0.6) is 11.5 Å². The van der Waals surface area contributed by atoms with Gasteiger partial charge in [0, 0.05) is 29.7 Å². The molecule has 3 aromatic carbocycles. The van der Waals surface area contributed by atoms with Gasteiger partial charge in [-0.15, -0.1) is 0 Å². The van der Waals surface area contributed by atoms with Gasteiger partial charge in [0.1, 0.15) is 29.9 Å². The van der Waals surface area contributed by atoms with Crippen LogP contribution in [-0.4, -0.2) is 65.3 Å². The first-order valence-electron chi connectivity index (χ1n) is 16.1. The maximum absolute atomic E-state index is 14.9. The van der Waals surface area contributed by atoms with Gasteiger partial charge in [-0.3, -0.25) is 29.3 Å². The molecule has 3 atom stereocenters. The minimum absolute atomic E-state index is 0.00262. The van der Waals surface area contributed by atoms with Crippen LogP contribution in [-0.2, 0) is 31.2 Å². The molecule has 4 amide bonds. The number of aromatic amines is 1. The van der Waals surface area contributed by atoms with Crippen LogP contribution in [0.3, 0.4) is 0 Å². The number of methoxy groups -OCH3 is 1. The van der Waals surface area contributed by atoms with Gasteiger partial charge >= 0.3 is 0 Å². The highest BCUT2D eigenvalue weighted by molar-refractivity contribution is 6.04. The fraction of sp³-hybridized carbons (Fsp3) is 0.306. The molecule has 1 saturated heterocycles. The van der Waals surface area contributed by atoms with E-state index in [-0.39, 0.29) is 24.1 Å². The Balaban J connectivity index is 1.42. The molecule has 1 fully saturated rings. The standard InChI is InChI=1S/C36H33F5N4O8/c1-36(2,51)27-28(38)30(40)32(31(41)29(27)39)53-15-24(46)21(12-17-13-26(47)45-33(17)48)43-34(49)22(11-16-6-4-7-18(37)10-16)44-35(50)23-14-19-20(42-23)8-5-9-25(19)52-3/h4-10,14,17,21-22,42,51H,11-13,15H2,1-3H3,(H,43,49)(H,44,50)(H,45,47,48)/t17-,21+,22-/m1/s1. The summed E-state index contributed by atoms with van der Waals surface area (Å²) in [6.45, 7) is 0.464. The summed E-state index contributed by atoms with van der Waals surface area (Å²) in [6.07, 6.45) is -1.24. The highest BCUT2D eigenvalue weighted by atomic mass is 19.2. The number of aliphatic hydroxyl groups is 1. The average molecular weight is 745 g/mol. The van der Waals surface area contributed by atoms with Crippen LogP contribution in [0, 0.1) is 35.0 Å². The van der Waals surface area contributed by atoms with E-state index >= 15 is 0 Å². The molecule has 0 unspecified atom stereocenters. The maximum Gasteiger partial charge on any atom is 0.268 e. The topological polar surface area (TPSA) is 176 Å². The molecule has 0 radical (unpaired) electrons. The third kappa shape index (κ3) is 8.46. The third-order valence-corrected chi connectivity index (χ3v) is 8.52. The number of rotatable bonds is 14. The molecular formula is C36H33F5N4O8. The van der Waals surface area contributed by atoms with E-state index in [0.717, 1.165) is 26.0 Å². The number of carbonyl (C=O) groups excluding carboxylic acids is 5. The molecule has 5 rings (SSSR count). The number of benzene rings is 3. The molecule has 4 aromatic rings. The number of Topliss-reactive ketones (excluding diaryl/α,β-unsaturated/α-hetero) is 1. The van der Waals surface area contributed by atoms with Crippen LogP contribution < -0.4 is 25.4 Å². The van der Waals surface area contributed by atoms with Crippen molar-refractivity contribution in [1.29, 1.82) is 0 Å². The molecule has 0 spiro atoms. The van der Waals surface area contributed by atoms with E-state index in [2.05, 4.69) is 20.9 Å². The molecule has 17 heteroatoms. The summed E-state index contributed by atoms with van der Waals surface area (Å²) in [4.78, 5) is 68.0. The van der Waals surface area contributed by atoms with Gasteiger partial charge in [-0.05, 0) is 56.2 Å². The van der Waals surface area contributed by atoms with Gasteiger partial charge in [0.25, 0.3) is 5.91 Å². The number of imide groups is 1. The van der Waals surface area contributed by atoms with Crippen LogP contribution in [0.25, 0.3) is 10.9 Å². The number of aromatic nitrogens is 1. The van der Waals surface area contributed by atoms with Crippen molar-refractivity contribution in [2.24, 2.45) is 5.92 Å². The lowest BCUT2D eigenvalue weighted by molar-refractivity contribution is -0.131. The van der Waals surface area contributed by atoms with Crippen molar-refractivity contribution in [3.8, 4) is 11.5 Å². The van der Waals surface area contributed by atoms with Crippen molar-refractivity contribution in [2.75, 3.05) is 13.7 Å². The molecule has 1 aliphatic heterocycles. The Labute approximate surface area is 298 Å². The fourth-order valence-electron chi connectivity index (χ4n) is 5.92. The van der Waals surface area contributed by atoms with E-state index < -0.39 is 106 Å². The molecule has 0 bridgehead atoms. The number of nitrogens with one attached hydrogen (secondary N) is 4. The summed E-state index contributed by atoms with van der Waals surface area (Å²) in [7, 11) is 1.44. The first-order valence-corrected chi connectivity index (χ1v) is 16.1. The van der Waals surface area contributed by atoms with Gasteiger partial charge in [0.2, 0.25) is 29.4 Å². The highest BCUT2D eigenvalue weighted by Gasteiger charge is 2.38. The second-order valence-electron chi connectivity index (χ2n) is 12.8. The van der Waals surface area contributed by atoms with Crippen molar-refractivity contribution in [3.05, 3.63) is 94.4 Å². The van der Waals surface area contributed by atoms with Gasteiger partial charge in [-0.25, -0.2) is 13.2 Å². The number of hydrogen-bond donors (Lipinski definition) is 5. The van der Waals surface area contributed by atoms with Crippen LogP contribution in [0.4, 0.5) is 22.0 Å². The zero-order chi connectivity index (χ0) is 38.8. The SMILES string of the molecule is COc1cccc2[nH]c(C(=O)N[C@H](Cc3cccc(F)c3)C(=O)N[C@@H](C[C@@H]3CC(=O)NC3=O)C(=O)COc3c(F)c(F)c(C(C)(C)O)c(F)c3F)cc12. The van der Waals surface area contributed by atoms with Gasteiger partial charge in [-0.2, -0.15) is 8.78 Å². The Bertz CT molecular complexity index is 2090. The zero-order valence-electron chi connectivity index (χ0n) is 28.4. The molecule has 280 valence electrons. The summed E-state index contributed by atoms with van der Waals surface area (Å²) >= 11 is 0. The van der Waals surface area contributed by atoms with E-state index in [1.165, 1.54) is 25.3 Å². The summed E-state index contributed by atoms with van der Waals surface area (Å²) in [5.74, 6) is -15.5. The molecule has 1 aromatic heterocycles. The monoisotopic (exact) mass is 744 g/mol. The Morgan fingerprint density at radius 2 is 1.62 bits per heavy atom. The Hall–Kier alpha value is -5.84. The average Bonchev–Trinajstić information content (AvgIpc) is 3.68. The first kappa shape index (κ1) is 38.4. The minimum atomic E-state index is -2.35. The number of halogens is 5. The van der Waals surface area contributed by atoms with E-state index in [9.17, 15) is 51.0 Å².